The molecular weight excluding hydrogens is 374 g/mol. The Bertz CT molecular complexity index is 1180. The Morgan fingerprint density at radius 1 is 1.13 bits per heavy atom. The van der Waals surface area contributed by atoms with E-state index < -0.39 is 17.3 Å². The largest absolute Gasteiger partial charge is 0.496 e. The zero-order chi connectivity index (χ0) is 21.5. The molecule has 0 spiro atoms. The van der Waals surface area contributed by atoms with E-state index in [0.29, 0.717) is 18.8 Å². The van der Waals surface area contributed by atoms with Crippen LogP contribution in [0.25, 0.3) is 10.8 Å². The fourth-order valence-electron chi connectivity index (χ4n) is 5.04. The molecular formula is C24H21N5O. The molecule has 4 rings (SSSR count). The lowest BCUT2D eigenvalue weighted by Gasteiger charge is -2.47. The predicted octanol–water partition coefficient (Wildman–Crippen LogP) is 3.63. The van der Waals surface area contributed by atoms with Gasteiger partial charge in [-0.15, -0.1) is 0 Å². The number of methoxy groups -OCH3 is 1. The molecule has 0 amide bonds. The molecule has 1 unspecified atom stereocenters. The Kier molecular flexibility index (Phi) is 4.78. The Morgan fingerprint density at radius 3 is 2.53 bits per heavy atom. The topological polar surface area (TPSA) is 108 Å². The maximum Gasteiger partial charge on any atom is 0.189 e. The van der Waals surface area contributed by atoms with Gasteiger partial charge in [0.25, 0.3) is 0 Å². The molecule has 2 aliphatic rings. The van der Waals surface area contributed by atoms with Gasteiger partial charge in [0.15, 0.2) is 5.41 Å². The highest BCUT2D eigenvalue weighted by Crippen LogP contribution is 2.56. The molecule has 6 heteroatoms. The SMILES string of the molecule is COc1ccc2ccccc2c1[C@H]1[C@@H]2CN(C)CC=C2C(C#N)C(=N)C1(C#N)C#N. The molecule has 3 atom stereocenters. The van der Waals surface area contributed by atoms with Gasteiger partial charge in [-0.1, -0.05) is 36.4 Å². The average molecular weight is 395 g/mol. The number of hydrogen-bond donors (Lipinski definition) is 1. The molecule has 0 aromatic heterocycles. The summed E-state index contributed by atoms with van der Waals surface area (Å²) in [6, 6.07) is 18.1. The number of rotatable bonds is 2. The van der Waals surface area contributed by atoms with E-state index in [9.17, 15) is 15.8 Å². The van der Waals surface area contributed by atoms with Crippen molar-refractivity contribution in [3.05, 3.63) is 53.6 Å². The monoisotopic (exact) mass is 395 g/mol. The van der Waals surface area contributed by atoms with Gasteiger partial charge >= 0.3 is 0 Å². The quantitative estimate of drug-likeness (QED) is 0.781. The van der Waals surface area contributed by atoms with E-state index in [2.05, 4.69) is 23.1 Å². The standard InChI is InChI=1S/C24H21N5O/c1-29-10-9-17-18(11-25)23(28)24(13-26,14-27)22(19(17)12-29)21-16-6-4-3-5-15(16)7-8-20(21)30-2/h3-9,18-19,22,28H,10,12H2,1-2H3/t18?,19-,22-/m1/s1. The van der Waals surface area contributed by atoms with E-state index in [1.54, 1.807) is 7.11 Å². The van der Waals surface area contributed by atoms with Gasteiger partial charge in [-0.05, 0) is 29.5 Å². The third kappa shape index (κ3) is 2.61. The summed E-state index contributed by atoms with van der Waals surface area (Å²) in [5.41, 5.74) is -0.298. The van der Waals surface area contributed by atoms with E-state index in [-0.39, 0.29) is 11.6 Å². The molecule has 30 heavy (non-hydrogen) atoms. The molecule has 1 fully saturated rings. The smallest absolute Gasteiger partial charge is 0.189 e. The number of hydrogen-bond acceptors (Lipinski definition) is 6. The minimum atomic E-state index is -1.75. The van der Waals surface area contributed by atoms with Crippen molar-refractivity contribution >= 4 is 16.5 Å². The van der Waals surface area contributed by atoms with Crippen LogP contribution in [0.15, 0.2) is 48.0 Å². The molecule has 0 bridgehead atoms. The number of nitrogens with zero attached hydrogens (tertiary/aromatic N) is 4. The Morgan fingerprint density at radius 2 is 1.87 bits per heavy atom. The summed E-state index contributed by atoms with van der Waals surface area (Å²) < 4.78 is 5.70. The van der Waals surface area contributed by atoms with Gasteiger partial charge in [0.1, 0.15) is 11.7 Å². The van der Waals surface area contributed by atoms with E-state index >= 15 is 0 Å². The molecule has 0 saturated heterocycles. The van der Waals surface area contributed by atoms with Crippen molar-refractivity contribution in [2.75, 3.05) is 27.2 Å². The minimum Gasteiger partial charge on any atom is -0.496 e. The van der Waals surface area contributed by atoms with Crippen molar-refractivity contribution in [3.63, 3.8) is 0 Å². The zero-order valence-electron chi connectivity index (χ0n) is 16.9. The van der Waals surface area contributed by atoms with Crippen LogP contribution in [0.1, 0.15) is 11.5 Å². The summed E-state index contributed by atoms with van der Waals surface area (Å²) in [4.78, 5) is 2.11. The number of likely N-dealkylation sites (N-methyl/N-ethyl adjacent to an activating group) is 1. The van der Waals surface area contributed by atoms with Gasteiger partial charge in [-0.2, -0.15) is 15.8 Å². The van der Waals surface area contributed by atoms with Gasteiger partial charge in [0, 0.05) is 30.5 Å². The third-order valence-electron chi connectivity index (χ3n) is 6.43. The van der Waals surface area contributed by atoms with E-state index in [0.717, 1.165) is 21.9 Å². The van der Waals surface area contributed by atoms with Crippen LogP contribution in [0.3, 0.4) is 0 Å². The second-order valence-electron chi connectivity index (χ2n) is 7.92. The van der Waals surface area contributed by atoms with E-state index in [1.807, 2.05) is 49.5 Å². The summed E-state index contributed by atoms with van der Waals surface area (Å²) in [5, 5.41) is 41.0. The number of fused-ring (bicyclic) bond motifs is 2. The first-order valence-electron chi connectivity index (χ1n) is 9.77. The van der Waals surface area contributed by atoms with Crippen LogP contribution in [-0.2, 0) is 0 Å². The van der Waals surface area contributed by atoms with Gasteiger partial charge in [0.2, 0.25) is 0 Å². The molecule has 2 aromatic carbocycles. The predicted molar refractivity (Wildman–Crippen MR) is 113 cm³/mol. The van der Waals surface area contributed by atoms with Crippen molar-refractivity contribution in [1.29, 1.82) is 21.2 Å². The summed E-state index contributed by atoms with van der Waals surface area (Å²) in [6.07, 6.45) is 1.99. The molecule has 1 heterocycles. The van der Waals surface area contributed by atoms with Crippen LogP contribution >= 0.6 is 0 Å². The second kappa shape index (κ2) is 7.30. The van der Waals surface area contributed by atoms with Crippen LogP contribution in [0.5, 0.6) is 5.75 Å². The summed E-state index contributed by atoms with van der Waals surface area (Å²) in [7, 11) is 3.55. The summed E-state index contributed by atoms with van der Waals surface area (Å²) in [6.45, 7) is 1.27. The van der Waals surface area contributed by atoms with Crippen LogP contribution < -0.4 is 4.74 Å². The fourth-order valence-corrected chi connectivity index (χ4v) is 5.04. The van der Waals surface area contributed by atoms with Crippen LogP contribution in [-0.4, -0.2) is 37.9 Å². The lowest BCUT2D eigenvalue weighted by molar-refractivity contribution is 0.233. The molecule has 1 aliphatic heterocycles. The fraction of sp³-hybridized carbons (Fsp3) is 0.333. The maximum absolute atomic E-state index is 10.3. The minimum absolute atomic E-state index is 0.137. The number of nitriles is 3. The molecule has 2 aromatic rings. The summed E-state index contributed by atoms with van der Waals surface area (Å²) in [5.74, 6) is -1.15. The van der Waals surface area contributed by atoms with Gasteiger partial charge in [-0.25, -0.2) is 0 Å². The van der Waals surface area contributed by atoms with Crippen molar-refractivity contribution in [1.82, 2.24) is 4.90 Å². The lowest BCUT2D eigenvalue weighted by Crippen LogP contribution is -2.52. The Labute approximate surface area is 175 Å². The third-order valence-corrected chi connectivity index (χ3v) is 6.43. The summed E-state index contributed by atoms with van der Waals surface area (Å²) >= 11 is 0. The number of nitrogens with one attached hydrogen (secondary N) is 1. The van der Waals surface area contributed by atoms with Crippen molar-refractivity contribution in [2.24, 2.45) is 17.3 Å². The van der Waals surface area contributed by atoms with Crippen LogP contribution in [0.2, 0.25) is 0 Å². The molecule has 0 radical (unpaired) electrons. The zero-order valence-corrected chi connectivity index (χ0v) is 16.9. The highest BCUT2D eigenvalue weighted by atomic mass is 16.5. The van der Waals surface area contributed by atoms with Crippen molar-refractivity contribution in [2.45, 2.75) is 5.92 Å². The Balaban J connectivity index is 2.10. The van der Waals surface area contributed by atoms with Crippen molar-refractivity contribution in [3.8, 4) is 24.0 Å². The van der Waals surface area contributed by atoms with Gasteiger partial charge < -0.3 is 15.0 Å². The Hall–Kier alpha value is -3.66. The molecule has 1 aliphatic carbocycles. The van der Waals surface area contributed by atoms with Gasteiger partial charge in [0.05, 0.1) is 31.0 Å². The number of ether oxygens (including phenoxy) is 1. The number of benzene rings is 2. The first-order valence-corrected chi connectivity index (χ1v) is 9.77. The molecule has 1 N–H and O–H groups in total. The molecule has 6 nitrogen and oxygen atoms in total. The lowest BCUT2D eigenvalue weighted by atomic mass is 9.54. The molecule has 148 valence electrons. The van der Waals surface area contributed by atoms with E-state index in [1.165, 1.54) is 0 Å². The highest BCUT2D eigenvalue weighted by molar-refractivity contribution is 6.02. The maximum atomic E-state index is 10.3. The highest BCUT2D eigenvalue weighted by Gasteiger charge is 2.58. The normalized spacial score (nSPS) is 25.4. The van der Waals surface area contributed by atoms with Crippen LogP contribution in [0.4, 0.5) is 0 Å². The van der Waals surface area contributed by atoms with Crippen LogP contribution in [0, 0.1) is 56.7 Å². The molecule has 1 saturated carbocycles. The van der Waals surface area contributed by atoms with E-state index in [4.69, 9.17) is 10.1 Å². The first-order chi connectivity index (χ1) is 14.5. The first kappa shape index (κ1) is 19.6. The second-order valence-corrected chi connectivity index (χ2v) is 7.92. The van der Waals surface area contributed by atoms with Gasteiger partial charge in [-0.3, -0.25) is 0 Å². The van der Waals surface area contributed by atoms with Crippen molar-refractivity contribution < 1.29 is 4.74 Å². The average Bonchev–Trinajstić information content (AvgIpc) is 2.78.